The zero-order chi connectivity index (χ0) is 22.7. The van der Waals surface area contributed by atoms with Crippen LogP contribution in [0.1, 0.15) is 43.9 Å². The Bertz CT molecular complexity index is 1010. The molecule has 5 nitrogen and oxygen atoms in total. The molecule has 2 aromatic carbocycles. The predicted octanol–water partition coefficient (Wildman–Crippen LogP) is 5.82. The number of aromatic nitrogens is 1. The van der Waals surface area contributed by atoms with Gasteiger partial charge in [-0.1, -0.05) is 33.3 Å². The van der Waals surface area contributed by atoms with Crippen molar-refractivity contribution in [3.63, 3.8) is 0 Å². The maximum atomic E-state index is 12.5. The lowest BCUT2D eigenvalue weighted by Crippen LogP contribution is -1.97. The van der Waals surface area contributed by atoms with Crippen molar-refractivity contribution in [2.24, 2.45) is 0 Å². The van der Waals surface area contributed by atoms with Crippen LogP contribution in [0.15, 0.2) is 36.5 Å². The minimum Gasteiger partial charge on any atom is -0.493 e. The molecule has 1 heterocycles. The number of nitriles is 1. The van der Waals surface area contributed by atoms with Gasteiger partial charge in [-0.05, 0) is 42.7 Å². The molecule has 0 unspecified atom stereocenters. The maximum Gasteiger partial charge on any atom is 0.162 e. The largest absolute Gasteiger partial charge is 0.493 e. The number of pyridine rings is 1. The van der Waals surface area contributed by atoms with Crippen molar-refractivity contribution >= 4 is 16.6 Å². The van der Waals surface area contributed by atoms with Gasteiger partial charge in [0.05, 0.1) is 25.3 Å². The molecule has 3 aromatic rings. The number of hydrogen-bond donors (Lipinski definition) is 1. The number of anilines is 1. The third kappa shape index (κ3) is 6.08. The first-order valence-electron chi connectivity index (χ1n) is 9.90. The summed E-state index contributed by atoms with van der Waals surface area (Å²) in [6.07, 6.45) is 3.44. The normalized spacial score (nSPS) is 9.53. The quantitative estimate of drug-likeness (QED) is 0.547. The molecule has 0 saturated heterocycles. The monoisotopic (exact) mass is 411 g/mol. The number of ether oxygens (including phenoxy) is 2. The van der Waals surface area contributed by atoms with Crippen LogP contribution in [0, 0.1) is 24.1 Å². The molecule has 0 fully saturated rings. The second-order valence-corrected chi connectivity index (χ2v) is 6.25. The van der Waals surface area contributed by atoms with Crippen molar-refractivity contribution in [3.8, 4) is 17.6 Å². The number of benzene rings is 2. The second kappa shape index (κ2) is 12.3. The first-order chi connectivity index (χ1) is 14.4. The average Bonchev–Trinajstić information content (AvgIpc) is 2.77. The lowest BCUT2D eigenvalue weighted by Gasteiger charge is -2.12. The summed E-state index contributed by atoms with van der Waals surface area (Å²) in [5.74, 6) is 1.06. The second-order valence-electron chi connectivity index (χ2n) is 6.25. The summed E-state index contributed by atoms with van der Waals surface area (Å²) in [6.45, 7) is 7.79. The number of hydrogen-bond acceptors (Lipinski definition) is 5. The van der Waals surface area contributed by atoms with E-state index in [4.69, 9.17) is 15.2 Å². The van der Waals surface area contributed by atoms with E-state index >= 15 is 0 Å². The molecule has 0 spiro atoms. The Morgan fingerprint density at radius 2 is 1.73 bits per heavy atom. The molecule has 0 atom stereocenters. The first-order valence-corrected chi connectivity index (χ1v) is 9.90. The van der Waals surface area contributed by atoms with Crippen LogP contribution in [-0.2, 0) is 6.42 Å². The van der Waals surface area contributed by atoms with Crippen LogP contribution in [0.4, 0.5) is 10.1 Å². The number of fused-ring (bicyclic) bond motifs is 1. The van der Waals surface area contributed by atoms with Crippen LogP contribution in [0.3, 0.4) is 0 Å². The van der Waals surface area contributed by atoms with Crippen LogP contribution in [-0.4, -0.2) is 19.2 Å². The van der Waals surface area contributed by atoms with Crippen LogP contribution < -0.4 is 15.2 Å². The number of halogens is 1. The smallest absolute Gasteiger partial charge is 0.162 e. The third-order valence-electron chi connectivity index (χ3n) is 4.30. The highest BCUT2D eigenvalue weighted by molar-refractivity contribution is 5.87. The Kier molecular flexibility index (Phi) is 10.1. The topological polar surface area (TPSA) is 81.2 Å². The van der Waals surface area contributed by atoms with Gasteiger partial charge < -0.3 is 15.2 Å². The van der Waals surface area contributed by atoms with E-state index in [1.807, 2.05) is 26.0 Å². The van der Waals surface area contributed by atoms with Gasteiger partial charge in [0.25, 0.3) is 0 Å². The fourth-order valence-corrected chi connectivity index (χ4v) is 2.80. The van der Waals surface area contributed by atoms with E-state index < -0.39 is 0 Å². The highest BCUT2D eigenvalue weighted by Gasteiger charge is 2.12. The summed E-state index contributed by atoms with van der Waals surface area (Å²) < 4.78 is 23.1. The predicted molar refractivity (Wildman–Crippen MR) is 120 cm³/mol. The zero-order valence-electron chi connectivity index (χ0n) is 18.5. The summed E-state index contributed by atoms with van der Waals surface area (Å²) in [5, 5.41) is 10.1. The number of nitrogens with zero attached hydrogens (tertiary/aromatic N) is 2. The fraction of sp³-hybridized carbons (Fsp3) is 0.333. The molecule has 30 heavy (non-hydrogen) atoms. The maximum absolute atomic E-state index is 12.5. The van der Waals surface area contributed by atoms with E-state index in [2.05, 4.69) is 18.0 Å². The Morgan fingerprint density at radius 1 is 1.10 bits per heavy atom. The lowest BCUT2D eigenvalue weighted by atomic mass is 10.00. The molecule has 1 aromatic heterocycles. The van der Waals surface area contributed by atoms with E-state index in [0.29, 0.717) is 28.3 Å². The standard InChI is InChI=1S/C15H16N2O2.C7H8FN.C2H6/c1-4-5-11-10(8-16)9-17-13-7-15(19-3)14(18-2)6-12(11)13;1-5-2-3-6(9)4-7(5)8;1-2/h6-7,9H,4-5H2,1-3H3;2-4H,9H2,1H3;1-2H3. The Morgan fingerprint density at radius 3 is 2.23 bits per heavy atom. The molecule has 0 aliphatic carbocycles. The minimum atomic E-state index is -0.241. The van der Waals surface area contributed by atoms with E-state index in [1.54, 1.807) is 39.5 Å². The van der Waals surface area contributed by atoms with Crippen molar-refractivity contribution in [1.82, 2.24) is 4.98 Å². The first kappa shape index (κ1) is 24.7. The van der Waals surface area contributed by atoms with Crippen LogP contribution >= 0.6 is 0 Å². The molecule has 0 aliphatic rings. The highest BCUT2D eigenvalue weighted by Crippen LogP contribution is 2.33. The molecule has 0 saturated carbocycles. The Balaban J connectivity index is 0.000000342. The molecule has 6 heteroatoms. The van der Waals surface area contributed by atoms with E-state index in [0.717, 1.165) is 29.3 Å². The van der Waals surface area contributed by atoms with Gasteiger partial charge in [0.2, 0.25) is 0 Å². The van der Waals surface area contributed by atoms with Gasteiger partial charge in [-0.2, -0.15) is 5.26 Å². The number of aryl methyl sites for hydroxylation is 2. The van der Waals surface area contributed by atoms with Crippen LogP contribution in [0.5, 0.6) is 11.5 Å². The summed E-state index contributed by atoms with van der Waals surface area (Å²) >= 11 is 0. The fourth-order valence-electron chi connectivity index (χ4n) is 2.80. The molecule has 2 N–H and O–H groups in total. The molecule has 160 valence electrons. The van der Waals surface area contributed by atoms with Gasteiger partial charge in [-0.15, -0.1) is 0 Å². The Labute approximate surface area is 178 Å². The molecular formula is C24H30FN3O2. The van der Waals surface area contributed by atoms with E-state index in [-0.39, 0.29) is 5.82 Å². The third-order valence-corrected chi connectivity index (χ3v) is 4.30. The molecule has 3 rings (SSSR count). The number of nitrogen functional groups attached to an aromatic ring is 1. The molecule has 0 radical (unpaired) electrons. The summed E-state index contributed by atoms with van der Waals surface area (Å²) in [5.41, 5.74) is 8.86. The molecule has 0 bridgehead atoms. The number of rotatable bonds is 4. The van der Waals surface area contributed by atoms with Gasteiger partial charge in [0, 0.05) is 23.3 Å². The Hall–Kier alpha value is -3.33. The molecule has 0 aliphatic heterocycles. The van der Waals surface area contributed by atoms with Crippen molar-refractivity contribution < 1.29 is 13.9 Å². The number of nitrogens with two attached hydrogens (primary N) is 1. The van der Waals surface area contributed by atoms with Crippen molar-refractivity contribution in [3.05, 3.63) is 59.0 Å². The number of methoxy groups -OCH3 is 2. The van der Waals surface area contributed by atoms with Crippen molar-refractivity contribution in [2.75, 3.05) is 20.0 Å². The van der Waals surface area contributed by atoms with Crippen LogP contribution in [0.25, 0.3) is 10.9 Å². The van der Waals surface area contributed by atoms with Gasteiger partial charge in [0.15, 0.2) is 11.5 Å². The van der Waals surface area contributed by atoms with Crippen molar-refractivity contribution in [1.29, 1.82) is 5.26 Å². The summed E-state index contributed by atoms with van der Waals surface area (Å²) in [7, 11) is 3.20. The van der Waals surface area contributed by atoms with Gasteiger partial charge in [-0.3, -0.25) is 4.98 Å². The summed E-state index contributed by atoms with van der Waals surface area (Å²) in [6, 6.07) is 10.6. The molecular weight excluding hydrogens is 381 g/mol. The van der Waals surface area contributed by atoms with Gasteiger partial charge >= 0.3 is 0 Å². The zero-order valence-corrected chi connectivity index (χ0v) is 18.5. The van der Waals surface area contributed by atoms with Gasteiger partial charge in [-0.25, -0.2) is 4.39 Å². The highest BCUT2D eigenvalue weighted by atomic mass is 19.1. The van der Waals surface area contributed by atoms with Gasteiger partial charge in [0.1, 0.15) is 11.9 Å². The average molecular weight is 412 g/mol. The summed E-state index contributed by atoms with van der Waals surface area (Å²) in [4.78, 5) is 4.32. The van der Waals surface area contributed by atoms with E-state index in [9.17, 15) is 9.65 Å². The minimum absolute atomic E-state index is 0.241. The SMILES string of the molecule is CC.CCCc1c(C#N)cnc2cc(OC)c(OC)cc12.Cc1ccc(N)cc1F. The van der Waals surface area contributed by atoms with Crippen molar-refractivity contribution in [2.45, 2.75) is 40.5 Å². The van der Waals surface area contributed by atoms with E-state index in [1.165, 1.54) is 6.07 Å². The van der Waals surface area contributed by atoms with Crippen LogP contribution in [0.2, 0.25) is 0 Å². The lowest BCUT2D eigenvalue weighted by molar-refractivity contribution is 0.355. The molecule has 0 amide bonds.